The van der Waals surface area contributed by atoms with E-state index in [0.29, 0.717) is 23.2 Å². The summed E-state index contributed by atoms with van der Waals surface area (Å²) in [5, 5.41) is 12.7. The van der Waals surface area contributed by atoms with E-state index >= 15 is 0 Å². The van der Waals surface area contributed by atoms with Gasteiger partial charge in [-0.05, 0) is 30.7 Å². The van der Waals surface area contributed by atoms with Crippen LogP contribution in [0.5, 0.6) is 0 Å². The average molecular weight is 228 g/mol. The third-order valence-electron chi connectivity index (χ3n) is 3.98. The number of rotatable bonds is 0. The second-order valence-corrected chi connectivity index (χ2v) is 4.90. The van der Waals surface area contributed by atoms with Crippen molar-refractivity contribution in [3.63, 3.8) is 0 Å². The van der Waals surface area contributed by atoms with E-state index in [-0.39, 0.29) is 0 Å². The maximum Gasteiger partial charge on any atom is 0.101 e. The van der Waals surface area contributed by atoms with E-state index in [1.165, 1.54) is 5.56 Å². The lowest BCUT2D eigenvalue weighted by Gasteiger charge is -2.31. The molecular formula is C13H16N4. The highest BCUT2D eigenvalue weighted by molar-refractivity contribution is 5.73. The SMILES string of the molecule is CN1c2c(C#N)cc(N)cc2[C@@H]2CNCC[C@@H]21. The number of anilines is 2. The van der Waals surface area contributed by atoms with Crippen molar-refractivity contribution in [2.24, 2.45) is 0 Å². The van der Waals surface area contributed by atoms with Gasteiger partial charge in [-0.3, -0.25) is 0 Å². The van der Waals surface area contributed by atoms with Gasteiger partial charge in [0.05, 0.1) is 11.3 Å². The van der Waals surface area contributed by atoms with E-state index in [1.54, 1.807) is 6.07 Å². The Balaban J connectivity index is 2.17. The van der Waals surface area contributed by atoms with Crippen LogP contribution in [-0.2, 0) is 0 Å². The van der Waals surface area contributed by atoms with Crippen molar-refractivity contribution >= 4 is 11.4 Å². The summed E-state index contributed by atoms with van der Waals surface area (Å²) in [6.07, 6.45) is 1.13. The molecule has 2 aliphatic heterocycles. The molecule has 4 nitrogen and oxygen atoms in total. The number of hydrogen-bond donors (Lipinski definition) is 2. The van der Waals surface area contributed by atoms with Crippen molar-refractivity contribution in [3.05, 3.63) is 23.3 Å². The van der Waals surface area contributed by atoms with Gasteiger partial charge >= 0.3 is 0 Å². The molecular weight excluding hydrogens is 212 g/mol. The summed E-state index contributed by atoms with van der Waals surface area (Å²) >= 11 is 0. The Morgan fingerprint density at radius 1 is 1.53 bits per heavy atom. The fourth-order valence-corrected chi connectivity index (χ4v) is 3.23. The molecule has 0 saturated carbocycles. The number of hydrogen-bond acceptors (Lipinski definition) is 4. The third-order valence-corrected chi connectivity index (χ3v) is 3.98. The summed E-state index contributed by atoms with van der Waals surface area (Å²) < 4.78 is 0. The first kappa shape index (κ1) is 10.4. The van der Waals surface area contributed by atoms with Crippen molar-refractivity contribution < 1.29 is 0 Å². The van der Waals surface area contributed by atoms with E-state index in [2.05, 4.69) is 23.3 Å². The van der Waals surface area contributed by atoms with Gasteiger partial charge in [0.1, 0.15) is 6.07 Å². The van der Waals surface area contributed by atoms with Crippen molar-refractivity contribution in [3.8, 4) is 6.07 Å². The molecule has 3 rings (SSSR count). The Hall–Kier alpha value is -1.73. The molecule has 2 atom stereocenters. The van der Waals surface area contributed by atoms with Crippen LogP contribution in [0.1, 0.15) is 23.5 Å². The lowest BCUT2D eigenvalue weighted by atomic mass is 9.89. The number of nitrogens with zero attached hydrogens (tertiary/aromatic N) is 2. The maximum absolute atomic E-state index is 9.23. The molecule has 0 spiro atoms. The summed E-state index contributed by atoms with van der Waals surface area (Å²) in [4.78, 5) is 2.26. The zero-order valence-corrected chi connectivity index (χ0v) is 9.90. The Labute approximate surface area is 101 Å². The smallest absolute Gasteiger partial charge is 0.101 e. The Bertz CT molecular complexity index is 503. The number of nitrogens with one attached hydrogen (secondary N) is 1. The summed E-state index contributed by atoms with van der Waals surface area (Å²) in [6, 6.07) is 6.59. The largest absolute Gasteiger partial charge is 0.399 e. The summed E-state index contributed by atoms with van der Waals surface area (Å²) in [5.41, 5.74) is 9.61. The van der Waals surface area contributed by atoms with Gasteiger partial charge in [0, 0.05) is 31.2 Å². The molecule has 88 valence electrons. The second kappa shape index (κ2) is 3.64. The van der Waals surface area contributed by atoms with Gasteiger partial charge in [-0.25, -0.2) is 0 Å². The number of fused-ring (bicyclic) bond motifs is 3. The van der Waals surface area contributed by atoms with Crippen molar-refractivity contribution in [1.82, 2.24) is 5.32 Å². The number of likely N-dealkylation sites (N-methyl/N-ethyl adjacent to an activating group) is 1. The predicted octanol–water partition coefficient (Wildman–Crippen LogP) is 1.04. The molecule has 3 N–H and O–H groups in total. The predicted molar refractivity (Wildman–Crippen MR) is 68.0 cm³/mol. The molecule has 0 unspecified atom stereocenters. The normalized spacial score (nSPS) is 26.2. The first-order chi connectivity index (χ1) is 8.22. The van der Waals surface area contributed by atoms with Gasteiger partial charge in [0.15, 0.2) is 0 Å². The molecule has 0 amide bonds. The molecule has 4 heteroatoms. The average Bonchev–Trinajstić information content (AvgIpc) is 2.63. The standard InChI is InChI=1S/C13H16N4/c1-17-12-2-3-16-7-11(12)10-5-9(15)4-8(6-14)13(10)17/h4-5,11-12,16H,2-3,7,15H2,1H3/t11-,12-/m0/s1. The zero-order chi connectivity index (χ0) is 12.0. The lowest BCUT2D eigenvalue weighted by molar-refractivity contribution is 0.413. The molecule has 1 aromatic carbocycles. The first-order valence-corrected chi connectivity index (χ1v) is 5.99. The summed E-state index contributed by atoms with van der Waals surface area (Å²) in [5.74, 6) is 0.472. The molecule has 0 aromatic heterocycles. The molecule has 0 radical (unpaired) electrons. The molecule has 1 aromatic rings. The molecule has 2 aliphatic rings. The Morgan fingerprint density at radius 3 is 3.12 bits per heavy atom. The molecule has 0 aliphatic carbocycles. The third kappa shape index (κ3) is 1.39. The van der Waals surface area contributed by atoms with Crippen molar-refractivity contribution in [1.29, 1.82) is 5.26 Å². The van der Waals surface area contributed by atoms with Gasteiger partial charge in [0.25, 0.3) is 0 Å². The fraction of sp³-hybridized carbons (Fsp3) is 0.462. The minimum atomic E-state index is 0.472. The van der Waals surface area contributed by atoms with Crippen molar-refractivity contribution in [2.45, 2.75) is 18.4 Å². The number of nitrogens with two attached hydrogens (primary N) is 1. The van der Waals surface area contributed by atoms with Crippen LogP contribution < -0.4 is 16.0 Å². The molecule has 2 heterocycles. The number of nitrogen functional groups attached to an aromatic ring is 1. The van der Waals surface area contributed by atoms with Crippen LogP contribution in [0.15, 0.2) is 12.1 Å². The van der Waals surface area contributed by atoms with Gasteiger partial charge in [-0.15, -0.1) is 0 Å². The van der Waals surface area contributed by atoms with Crippen molar-refractivity contribution in [2.75, 3.05) is 30.8 Å². The highest BCUT2D eigenvalue weighted by atomic mass is 15.2. The summed E-state index contributed by atoms with van der Waals surface area (Å²) in [7, 11) is 2.09. The first-order valence-electron chi connectivity index (χ1n) is 5.99. The summed E-state index contributed by atoms with van der Waals surface area (Å²) in [6.45, 7) is 2.03. The topological polar surface area (TPSA) is 65.1 Å². The van der Waals surface area contributed by atoms with Crippen LogP contribution in [0.3, 0.4) is 0 Å². The molecule has 1 saturated heterocycles. The van der Waals surface area contributed by atoms with Gasteiger partial charge in [0.2, 0.25) is 0 Å². The van der Waals surface area contributed by atoms with E-state index in [0.717, 1.165) is 25.2 Å². The highest BCUT2D eigenvalue weighted by Gasteiger charge is 2.39. The monoisotopic (exact) mass is 228 g/mol. The van der Waals surface area contributed by atoms with Crippen LogP contribution in [0.2, 0.25) is 0 Å². The Kier molecular flexibility index (Phi) is 2.23. The van der Waals surface area contributed by atoms with Crippen LogP contribution in [0, 0.1) is 11.3 Å². The molecule has 0 bridgehead atoms. The van der Waals surface area contributed by atoms with Gasteiger partial charge in [-0.1, -0.05) is 0 Å². The van der Waals surface area contributed by atoms with E-state index in [1.807, 2.05) is 6.07 Å². The zero-order valence-electron chi connectivity index (χ0n) is 9.90. The molecule has 17 heavy (non-hydrogen) atoms. The quantitative estimate of drug-likeness (QED) is 0.651. The minimum absolute atomic E-state index is 0.472. The van der Waals surface area contributed by atoms with E-state index < -0.39 is 0 Å². The highest BCUT2D eigenvalue weighted by Crippen LogP contribution is 2.44. The van der Waals surface area contributed by atoms with Gasteiger partial charge in [-0.2, -0.15) is 5.26 Å². The number of nitriles is 1. The van der Waals surface area contributed by atoms with Crippen LogP contribution >= 0.6 is 0 Å². The van der Waals surface area contributed by atoms with E-state index in [4.69, 9.17) is 5.73 Å². The molecule has 1 fully saturated rings. The Morgan fingerprint density at radius 2 is 2.35 bits per heavy atom. The second-order valence-electron chi connectivity index (χ2n) is 4.90. The number of benzene rings is 1. The van der Waals surface area contributed by atoms with Crippen LogP contribution in [-0.4, -0.2) is 26.2 Å². The maximum atomic E-state index is 9.23. The van der Waals surface area contributed by atoms with Gasteiger partial charge < -0.3 is 16.0 Å². The van der Waals surface area contributed by atoms with Crippen LogP contribution in [0.4, 0.5) is 11.4 Å². The number of piperidine rings is 1. The van der Waals surface area contributed by atoms with Crippen LogP contribution in [0.25, 0.3) is 0 Å². The lowest BCUT2D eigenvalue weighted by Crippen LogP contribution is -2.42. The van der Waals surface area contributed by atoms with E-state index in [9.17, 15) is 5.26 Å². The minimum Gasteiger partial charge on any atom is -0.399 e. The fourth-order valence-electron chi connectivity index (χ4n) is 3.23.